The molecular weight excluding hydrogens is 540 g/mol. The van der Waals surface area contributed by atoms with E-state index in [1.54, 1.807) is 13.3 Å². The van der Waals surface area contributed by atoms with E-state index in [0.29, 0.717) is 5.92 Å². The van der Waals surface area contributed by atoms with Gasteiger partial charge in [-0.25, -0.2) is 9.59 Å². The van der Waals surface area contributed by atoms with Crippen LogP contribution in [0.5, 0.6) is 0 Å². The van der Waals surface area contributed by atoms with E-state index in [9.17, 15) is 31.1 Å². The van der Waals surface area contributed by atoms with Crippen LogP contribution in [0.3, 0.4) is 0 Å². The number of amides is 1. The molecule has 0 unspecified atom stereocenters. The number of ether oxygens (including phenoxy) is 1. The van der Waals surface area contributed by atoms with E-state index in [4.69, 9.17) is 24.5 Å². The number of aromatic nitrogens is 1. The fraction of sp³-hybridized carbons (Fsp3) is 0.500. The van der Waals surface area contributed by atoms with Gasteiger partial charge in [-0.3, -0.25) is 9.78 Å². The number of para-hydroxylation sites is 1. The van der Waals surface area contributed by atoms with Gasteiger partial charge in [0.15, 0.2) is 0 Å². The molecule has 0 saturated carbocycles. The first kappa shape index (κ1) is 31.8. The molecule has 2 saturated heterocycles. The van der Waals surface area contributed by atoms with Crippen LogP contribution in [0.25, 0.3) is 10.9 Å². The second-order valence-electron chi connectivity index (χ2n) is 8.63. The Kier molecular flexibility index (Phi) is 10.6. The Morgan fingerprint density at radius 1 is 1.00 bits per heavy atom. The number of hydrogen-bond acceptors (Lipinski definition) is 6. The number of carboxylic acid groups (broad SMARTS) is 2. The SMILES string of the molecule is CCN1C[C@@H]2[C@@H](OC)CCN(C(=O)c3ccnc4ccccc34)[C@@H]2C1.O=C(O)C(F)(F)F.O=C(O)C(F)(F)F. The molecule has 3 atom stereocenters. The molecule has 0 radical (unpaired) electrons. The van der Waals surface area contributed by atoms with Gasteiger partial charge in [0.2, 0.25) is 0 Å². The summed E-state index contributed by atoms with van der Waals surface area (Å²) in [7, 11) is 1.80. The normalized spacial score (nSPS) is 21.2. The molecule has 0 aliphatic carbocycles. The second-order valence-corrected chi connectivity index (χ2v) is 8.63. The highest BCUT2D eigenvalue weighted by Gasteiger charge is 2.46. The maximum atomic E-state index is 13.4. The summed E-state index contributed by atoms with van der Waals surface area (Å²) in [6.07, 6.45) is -7.27. The highest BCUT2D eigenvalue weighted by molar-refractivity contribution is 6.06. The Bertz CT molecular complexity index is 1130. The third-order valence-corrected chi connectivity index (χ3v) is 6.32. The smallest absolute Gasteiger partial charge is 0.475 e. The fourth-order valence-corrected chi connectivity index (χ4v) is 4.48. The lowest BCUT2D eigenvalue weighted by atomic mass is 9.88. The van der Waals surface area contributed by atoms with Gasteiger partial charge < -0.3 is 24.7 Å². The summed E-state index contributed by atoms with van der Waals surface area (Å²) in [6, 6.07) is 9.96. The Morgan fingerprint density at radius 3 is 2.08 bits per heavy atom. The van der Waals surface area contributed by atoms with Crippen LogP contribution in [-0.2, 0) is 14.3 Å². The Morgan fingerprint density at radius 2 is 1.56 bits per heavy atom. The van der Waals surface area contributed by atoms with Gasteiger partial charge in [-0.05, 0) is 25.1 Å². The summed E-state index contributed by atoms with van der Waals surface area (Å²) < 4.78 is 69.2. The predicted molar refractivity (Wildman–Crippen MR) is 125 cm³/mol. The highest BCUT2D eigenvalue weighted by atomic mass is 19.4. The Labute approximate surface area is 219 Å². The van der Waals surface area contributed by atoms with Crippen molar-refractivity contribution in [1.82, 2.24) is 14.8 Å². The molecule has 0 spiro atoms. The average molecular weight is 567 g/mol. The van der Waals surface area contributed by atoms with Gasteiger partial charge in [0.05, 0.1) is 23.2 Å². The van der Waals surface area contributed by atoms with Crippen molar-refractivity contribution >= 4 is 28.7 Å². The number of carbonyl (C=O) groups excluding carboxylic acids is 1. The number of benzene rings is 1. The largest absolute Gasteiger partial charge is 0.490 e. The van der Waals surface area contributed by atoms with Crippen LogP contribution in [0.4, 0.5) is 26.3 Å². The van der Waals surface area contributed by atoms with E-state index in [1.165, 1.54) is 0 Å². The number of methoxy groups -OCH3 is 1. The monoisotopic (exact) mass is 567 g/mol. The first-order chi connectivity index (χ1) is 18.1. The number of carboxylic acids is 2. The van der Waals surface area contributed by atoms with Crippen molar-refractivity contribution in [2.45, 2.75) is 37.8 Å². The molecule has 3 heterocycles. The number of likely N-dealkylation sites (N-methyl/N-ethyl adjacent to an activating group) is 1. The maximum absolute atomic E-state index is 13.4. The van der Waals surface area contributed by atoms with Gasteiger partial charge >= 0.3 is 24.3 Å². The number of hydrogen-bond donors (Lipinski definition) is 2. The number of pyridine rings is 1. The predicted octanol–water partition coefficient (Wildman–Crippen LogP) is 3.68. The summed E-state index contributed by atoms with van der Waals surface area (Å²) in [5.41, 5.74) is 1.63. The molecule has 9 nitrogen and oxygen atoms in total. The minimum Gasteiger partial charge on any atom is -0.475 e. The molecule has 0 bridgehead atoms. The van der Waals surface area contributed by atoms with Gasteiger partial charge in [0.25, 0.3) is 5.91 Å². The lowest BCUT2D eigenvalue weighted by Crippen LogP contribution is -2.53. The summed E-state index contributed by atoms with van der Waals surface area (Å²) in [5.74, 6) is -4.99. The van der Waals surface area contributed by atoms with Crippen LogP contribution < -0.4 is 0 Å². The molecule has 2 aliphatic heterocycles. The van der Waals surface area contributed by atoms with E-state index >= 15 is 0 Å². The summed E-state index contributed by atoms with van der Waals surface area (Å²) in [4.78, 5) is 40.1. The van der Waals surface area contributed by atoms with Gasteiger partial charge in [-0.2, -0.15) is 26.3 Å². The van der Waals surface area contributed by atoms with E-state index in [1.807, 2.05) is 30.3 Å². The van der Waals surface area contributed by atoms with Gasteiger partial charge in [-0.15, -0.1) is 0 Å². The first-order valence-corrected chi connectivity index (χ1v) is 11.6. The fourth-order valence-electron chi connectivity index (χ4n) is 4.48. The summed E-state index contributed by atoms with van der Waals surface area (Å²) in [6.45, 7) is 5.91. The summed E-state index contributed by atoms with van der Waals surface area (Å²) >= 11 is 0. The van der Waals surface area contributed by atoms with Crippen LogP contribution in [0, 0.1) is 5.92 Å². The maximum Gasteiger partial charge on any atom is 0.490 e. The minimum absolute atomic E-state index is 0.126. The van der Waals surface area contributed by atoms with Crippen molar-refractivity contribution in [2.24, 2.45) is 5.92 Å². The molecule has 216 valence electrons. The Balaban J connectivity index is 0.000000317. The van der Waals surface area contributed by atoms with Crippen molar-refractivity contribution in [3.05, 3.63) is 42.1 Å². The Hall–Kier alpha value is -3.46. The zero-order valence-corrected chi connectivity index (χ0v) is 20.9. The topological polar surface area (TPSA) is 120 Å². The number of rotatable bonds is 3. The molecule has 39 heavy (non-hydrogen) atoms. The molecule has 2 fully saturated rings. The van der Waals surface area contributed by atoms with Crippen molar-refractivity contribution in [3.8, 4) is 0 Å². The number of carbonyl (C=O) groups is 3. The number of halogens is 6. The average Bonchev–Trinajstić information content (AvgIpc) is 3.32. The zero-order chi connectivity index (χ0) is 29.5. The van der Waals surface area contributed by atoms with Crippen molar-refractivity contribution in [1.29, 1.82) is 0 Å². The second kappa shape index (κ2) is 13.1. The number of nitrogens with zero attached hydrogens (tertiary/aromatic N) is 3. The molecule has 15 heteroatoms. The van der Waals surface area contributed by atoms with E-state index in [2.05, 4.69) is 21.7 Å². The molecule has 2 aliphatic rings. The molecule has 4 rings (SSSR count). The number of aliphatic carboxylic acids is 2. The quantitative estimate of drug-likeness (QED) is 0.540. The van der Waals surface area contributed by atoms with E-state index in [0.717, 1.165) is 49.1 Å². The number of alkyl halides is 6. The molecule has 2 N–H and O–H groups in total. The van der Waals surface area contributed by atoms with Crippen LogP contribution in [-0.4, -0.2) is 101 Å². The van der Waals surface area contributed by atoms with Crippen molar-refractivity contribution in [3.63, 3.8) is 0 Å². The molecule has 2 aromatic rings. The van der Waals surface area contributed by atoms with Crippen LogP contribution in [0.2, 0.25) is 0 Å². The van der Waals surface area contributed by atoms with Crippen LogP contribution >= 0.6 is 0 Å². The molecule has 1 aromatic carbocycles. The molecule has 1 aromatic heterocycles. The first-order valence-electron chi connectivity index (χ1n) is 11.6. The van der Waals surface area contributed by atoms with Gasteiger partial charge in [0.1, 0.15) is 0 Å². The number of likely N-dealkylation sites (tertiary alicyclic amines) is 2. The molecular formula is C24H27F6N3O6. The lowest BCUT2D eigenvalue weighted by Gasteiger charge is -2.41. The van der Waals surface area contributed by atoms with Gasteiger partial charge in [0, 0.05) is 44.2 Å². The lowest BCUT2D eigenvalue weighted by molar-refractivity contribution is -0.193. The van der Waals surface area contributed by atoms with Crippen LogP contribution in [0.1, 0.15) is 23.7 Å². The zero-order valence-electron chi connectivity index (χ0n) is 20.9. The van der Waals surface area contributed by atoms with Crippen LogP contribution in [0.15, 0.2) is 36.5 Å². The summed E-state index contributed by atoms with van der Waals surface area (Å²) in [5, 5.41) is 15.2. The van der Waals surface area contributed by atoms with E-state index in [-0.39, 0.29) is 18.1 Å². The minimum atomic E-state index is -5.08. The third-order valence-electron chi connectivity index (χ3n) is 6.32. The third kappa shape index (κ3) is 8.26. The number of piperidine rings is 1. The van der Waals surface area contributed by atoms with Crippen molar-refractivity contribution in [2.75, 3.05) is 33.3 Å². The standard InChI is InChI=1S/C20H25N3O2.2C2HF3O2/c1-3-22-12-16-18(13-22)23(11-9-19(16)25-2)20(24)15-8-10-21-17-7-5-4-6-14(15)17;2*3-2(4,5)1(6)7/h4-8,10,16,18-19H,3,9,11-13H2,1-2H3;2*(H,6,7)/t16-,18+,19-;;/m0../s1. The van der Waals surface area contributed by atoms with Crippen molar-refractivity contribution < 1.29 is 55.7 Å². The van der Waals surface area contributed by atoms with Gasteiger partial charge in [-0.1, -0.05) is 25.1 Å². The highest BCUT2D eigenvalue weighted by Crippen LogP contribution is 2.34. The molecule has 1 amide bonds. The number of fused-ring (bicyclic) bond motifs is 2. The van der Waals surface area contributed by atoms with E-state index < -0.39 is 24.3 Å².